The normalized spacial score (nSPS) is 16.0. The maximum atomic E-state index is 13.4. The van der Waals surface area contributed by atoms with Gasteiger partial charge in [-0.05, 0) is 54.8 Å². The fourth-order valence-electron chi connectivity index (χ4n) is 4.41. The molecular formula is C27H33Cl3FN4O4-. The van der Waals surface area contributed by atoms with Crippen molar-refractivity contribution in [3.05, 3.63) is 65.5 Å². The molecule has 0 saturated carbocycles. The monoisotopic (exact) mass is 601 g/mol. The maximum Gasteiger partial charge on any atom is 0.326 e. The fraction of sp³-hybridized carbons (Fsp3) is 0.444. The second-order valence-corrected chi connectivity index (χ2v) is 9.94. The van der Waals surface area contributed by atoms with E-state index in [2.05, 4.69) is 16.0 Å². The molecule has 2 aromatic carbocycles. The lowest BCUT2D eigenvalue weighted by atomic mass is 10.0. The summed E-state index contributed by atoms with van der Waals surface area (Å²) in [6, 6.07) is 10.3. The lowest BCUT2D eigenvalue weighted by Crippen LogP contribution is -3.00. The smallest absolute Gasteiger partial charge is 0.326 e. The molecule has 1 aliphatic heterocycles. The van der Waals surface area contributed by atoms with Gasteiger partial charge in [-0.25, -0.2) is 9.18 Å². The van der Waals surface area contributed by atoms with E-state index in [1.54, 1.807) is 0 Å². The number of nitrogens with one attached hydrogen (secondary N) is 3. The molecule has 0 radical (unpaired) electrons. The lowest BCUT2D eigenvalue weighted by molar-refractivity contribution is -0.142. The Labute approximate surface area is 244 Å². The van der Waals surface area contributed by atoms with Crippen molar-refractivity contribution in [1.29, 1.82) is 0 Å². The number of rotatable bonds is 14. The van der Waals surface area contributed by atoms with Crippen LogP contribution in [-0.2, 0) is 27.2 Å². The molecule has 39 heavy (non-hydrogen) atoms. The summed E-state index contributed by atoms with van der Waals surface area (Å²) < 4.78 is 13.3. The first-order valence-electron chi connectivity index (χ1n) is 12.6. The fourth-order valence-corrected chi connectivity index (χ4v) is 4.82. The lowest BCUT2D eigenvalue weighted by Gasteiger charge is -2.25. The van der Waals surface area contributed by atoms with E-state index in [1.807, 2.05) is 29.2 Å². The van der Waals surface area contributed by atoms with Crippen LogP contribution in [0.3, 0.4) is 0 Å². The summed E-state index contributed by atoms with van der Waals surface area (Å²) in [4.78, 5) is 40.2. The molecule has 0 aliphatic carbocycles. The first kappa shape index (κ1) is 32.6. The molecule has 3 atom stereocenters. The van der Waals surface area contributed by atoms with Gasteiger partial charge < -0.3 is 38.4 Å². The molecular weight excluding hydrogens is 570 g/mol. The molecule has 3 unspecified atom stereocenters. The molecule has 3 rings (SSSR count). The Morgan fingerprint density at radius 1 is 1.00 bits per heavy atom. The largest absolute Gasteiger partial charge is 1.00 e. The molecule has 4 N–H and O–H groups in total. The second kappa shape index (κ2) is 16.5. The van der Waals surface area contributed by atoms with Gasteiger partial charge in [0.1, 0.15) is 17.9 Å². The van der Waals surface area contributed by atoms with Crippen LogP contribution in [0.15, 0.2) is 48.5 Å². The summed E-state index contributed by atoms with van der Waals surface area (Å²) in [5.74, 6) is -1.76. The Kier molecular flexibility index (Phi) is 13.8. The zero-order chi connectivity index (χ0) is 27.5. The quantitative estimate of drug-likeness (QED) is 0.221. The first-order chi connectivity index (χ1) is 18.3. The molecule has 0 bridgehead atoms. The van der Waals surface area contributed by atoms with Gasteiger partial charge in [-0.15, -0.1) is 23.2 Å². The van der Waals surface area contributed by atoms with Crippen LogP contribution in [0.5, 0.6) is 0 Å². The summed E-state index contributed by atoms with van der Waals surface area (Å²) >= 11 is 11.9. The van der Waals surface area contributed by atoms with Crippen molar-refractivity contribution in [2.75, 3.05) is 36.3 Å². The van der Waals surface area contributed by atoms with E-state index in [0.717, 1.165) is 17.7 Å². The van der Waals surface area contributed by atoms with Gasteiger partial charge in [0.2, 0.25) is 11.8 Å². The standard InChI is InChI=1S/C27H33Cl2FN4O4.ClH/c28-10-13-34(14-11-29)21-4-1-3-19(15-21)17-23(32-25(35)22-5-2-12-31-22)26(36)33-24(27(37)38)16-18-6-8-20(30)9-7-18;/h1,3-4,6-9,15,22-24,31H,2,5,10-14,16-17H2,(H,32,35)(H,33,36)(H,37,38);1H/p-1. The van der Waals surface area contributed by atoms with Crippen molar-refractivity contribution >= 4 is 46.7 Å². The van der Waals surface area contributed by atoms with Gasteiger partial charge in [0.25, 0.3) is 0 Å². The van der Waals surface area contributed by atoms with Crippen molar-refractivity contribution in [2.24, 2.45) is 0 Å². The van der Waals surface area contributed by atoms with Gasteiger partial charge in [-0.1, -0.05) is 24.3 Å². The van der Waals surface area contributed by atoms with Gasteiger partial charge in [-0.2, -0.15) is 0 Å². The van der Waals surface area contributed by atoms with Crippen molar-refractivity contribution in [3.8, 4) is 0 Å². The number of nitrogens with zero attached hydrogens (tertiary/aromatic N) is 1. The number of hydrogen-bond acceptors (Lipinski definition) is 5. The number of carboxylic acid groups (broad SMARTS) is 1. The Morgan fingerprint density at radius 3 is 2.26 bits per heavy atom. The number of aliphatic carboxylic acids is 1. The summed E-state index contributed by atoms with van der Waals surface area (Å²) in [5, 5.41) is 18.2. The Morgan fingerprint density at radius 2 is 1.67 bits per heavy atom. The van der Waals surface area contributed by atoms with E-state index in [0.29, 0.717) is 43.4 Å². The molecule has 2 amide bonds. The van der Waals surface area contributed by atoms with Crippen LogP contribution in [0, 0.1) is 5.82 Å². The Hall–Kier alpha value is -2.59. The van der Waals surface area contributed by atoms with E-state index in [1.165, 1.54) is 24.3 Å². The average molecular weight is 603 g/mol. The number of carbonyl (C=O) groups is 3. The minimum absolute atomic E-state index is 0. The summed E-state index contributed by atoms with van der Waals surface area (Å²) in [7, 11) is 0. The van der Waals surface area contributed by atoms with Gasteiger partial charge in [0, 0.05) is 43.4 Å². The predicted molar refractivity (Wildman–Crippen MR) is 146 cm³/mol. The first-order valence-corrected chi connectivity index (χ1v) is 13.6. The van der Waals surface area contributed by atoms with Crippen LogP contribution in [0.4, 0.5) is 10.1 Å². The van der Waals surface area contributed by atoms with Crippen molar-refractivity contribution in [2.45, 2.75) is 43.8 Å². The molecule has 0 spiro atoms. The Bertz CT molecular complexity index is 1080. The topological polar surface area (TPSA) is 111 Å². The minimum atomic E-state index is -1.26. The third kappa shape index (κ3) is 10.1. The zero-order valence-corrected chi connectivity index (χ0v) is 23.6. The molecule has 1 aliphatic rings. The number of amides is 2. The second-order valence-electron chi connectivity index (χ2n) is 9.18. The van der Waals surface area contributed by atoms with Crippen LogP contribution >= 0.6 is 23.2 Å². The summed E-state index contributed by atoms with van der Waals surface area (Å²) in [6.07, 6.45) is 1.63. The third-order valence-electron chi connectivity index (χ3n) is 6.40. The van der Waals surface area contributed by atoms with Crippen LogP contribution in [-0.4, -0.2) is 72.4 Å². The van der Waals surface area contributed by atoms with Crippen molar-refractivity contribution < 1.29 is 36.3 Å². The summed E-state index contributed by atoms with van der Waals surface area (Å²) in [6.45, 7) is 1.90. The minimum Gasteiger partial charge on any atom is -1.00 e. The van der Waals surface area contributed by atoms with Crippen LogP contribution in [0.2, 0.25) is 0 Å². The highest BCUT2D eigenvalue weighted by molar-refractivity contribution is 6.18. The molecule has 2 aromatic rings. The predicted octanol–water partition coefficient (Wildman–Crippen LogP) is -0.295. The van der Waals surface area contributed by atoms with Crippen LogP contribution < -0.4 is 33.3 Å². The number of alkyl halides is 2. The van der Waals surface area contributed by atoms with E-state index < -0.39 is 35.8 Å². The van der Waals surface area contributed by atoms with E-state index in [4.69, 9.17) is 23.2 Å². The van der Waals surface area contributed by atoms with E-state index in [-0.39, 0.29) is 31.2 Å². The van der Waals surface area contributed by atoms with Gasteiger partial charge in [0.15, 0.2) is 0 Å². The SMILES string of the molecule is O=C(O)C(Cc1ccc(F)cc1)NC(=O)C(Cc1cccc(N(CCCl)CCCl)c1)NC(=O)C1CCCN1.[Cl-]. The van der Waals surface area contributed by atoms with Gasteiger partial charge >= 0.3 is 5.97 Å². The molecule has 0 aromatic heterocycles. The highest BCUT2D eigenvalue weighted by atomic mass is 35.5. The third-order valence-corrected chi connectivity index (χ3v) is 6.74. The molecule has 1 heterocycles. The van der Waals surface area contributed by atoms with Crippen LogP contribution in [0.25, 0.3) is 0 Å². The highest BCUT2D eigenvalue weighted by Gasteiger charge is 2.30. The molecule has 1 saturated heterocycles. The number of anilines is 1. The molecule has 214 valence electrons. The molecule has 8 nitrogen and oxygen atoms in total. The molecule has 1 fully saturated rings. The van der Waals surface area contributed by atoms with E-state index in [9.17, 15) is 23.9 Å². The number of carbonyl (C=O) groups excluding carboxylic acids is 2. The van der Waals surface area contributed by atoms with E-state index >= 15 is 0 Å². The average Bonchev–Trinajstić information content (AvgIpc) is 3.44. The molecule has 12 heteroatoms. The summed E-state index contributed by atoms with van der Waals surface area (Å²) in [5.41, 5.74) is 2.22. The van der Waals surface area contributed by atoms with Crippen molar-refractivity contribution in [3.63, 3.8) is 0 Å². The highest BCUT2D eigenvalue weighted by Crippen LogP contribution is 2.18. The van der Waals surface area contributed by atoms with Crippen molar-refractivity contribution in [1.82, 2.24) is 16.0 Å². The number of halogens is 4. The maximum absolute atomic E-state index is 13.4. The number of hydrogen-bond donors (Lipinski definition) is 4. The Balaban J connectivity index is 0.00000533. The number of carboxylic acids is 1. The zero-order valence-electron chi connectivity index (χ0n) is 21.3. The van der Waals surface area contributed by atoms with Crippen LogP contribution in [0.1, 0.15) is 24.0 Å². The number of benzene rings is 2. The van der Waals surface area contributed by atoms with Gasteiger partial charge in [0.05, 0.1) is 6.04 Å². The van der Waals surface area contributed by atoms with Gasteiger partial charge in [-0.3, -0.25) is 9.59 Å².